The maximum absolute atomic E-state index is 13.5. The van der Waals surface area contributed by atoms with Gasteiger partial charge in [0, 0.05) is 50.9 Å². The number of carbonyl (C=O) groups is 4. The third kappa shape index (κ3) is 11.7. The number of rotatable bonds is 14. The first-order valence-corrected chi connectivity index (χ1v) is 22.3. The SMILES string of the molecule is CN(CCCC#Cc1ccc2c(c1)N(C)C(=O)[C@@H](NC(=O)c1n[nH]c(Cc3ccccc3)n1)CO2)CCCC#Cc1ccc2c(c1)N(C)C(=O)[C@@H](NC(=O)c1n[nH]c(Cc3ccccc3)n1)CO2. The van der Waals surface area contributed by atoms with Crippen LogP contribution in [0.25, 0.3) is 0 Å². The van der Waals surface area contributed by atoms with Gasteiger partial charge in [-0.2, -0.15) is 0 Å². The number of likely N-dealkylation sites (N-methyl/N-ethyl adjacent to an activating group) is 2. The van der Waals surface area contributed by atoms with E-state index in [1.807, 2.05) is 84.9 Å². The highest BCUT2D eigenvalue weighted by Crippen LogP contribution is 2.33. The van der Waals surface area contributed by atoms with Crippen molar-refractivity contribution < 1.29 is 28.7 Å². The van der Waals surface area contributed by atoms with Crippen molar-refractivity contribution in [3.05, 3.63) is 143 Å². The zero-order valence-corrected chi connectivity index (χ0v) is 38.0. The molecule has 346 valence electrons. The first kappa shape index (κ1) is 46.3. The number of fused-ring (bicyclic) bond motifs is 2. The lowest BCUT2D eigenvalue weighted by Crippen LogP contribution is -2.49. The molecule has 17 heteroatoms. The van der Waals surface area contributed by atoms with Crippen LogP contribution in [0.4, 0.5) is 11.4 Å². The summed E-state index contributed by atoms with van der Waals surface area (Å²) in [7, 11) is 5.37. The van der Waals surface area contributed by atoms with Crippen LogP contribution < -0.4 is 29.9 Å². The van der Waals surface area contributed by atoms with E-state index in [1.165, 1.54) is 9.80 Å². The number of nitrogens with zero attached hydrogens (tertiary/aromatic N) is 7. The van der Waals surface area contributed by atoms with Crippen LogP contribution in [0.5, 0.6) is 11.5 Å². The molecule has 8 rings (SSSR count). The quantitative estimate of drug-likeness (QED) is 0.0896. The molecule has 17 nitrogen and oxygen atoms in total. The van der Waals surface area contributed by atoms with Crippen molar-refractivity contribution >= 4 is 35.0 Å². The molecule has 4 heterocycles. The minimum absolute atomic E-state index is 0.0463. The number of hydrogen-bond donors (Lipinski definition) is 4. The monoisotopic (exact) mass is 913 g/mol. The summed E-state index contributed by atoms with van der Waals surface area (Å²) in [4.78, 5) is 66.8. The fourth-order valence-electron chi connectivity index (χ4n) is 7.65. The second-order valence-electron chi connectivity index (χ2n) is 16.5. The van der Waals surface area contributed by atoms with Crippen LogP contribution in [-0.4, -0.2) is 118 Å². The van der Waals surface area contributed by atoms with Crippen molar-refractivity contribution in [1.82, 2.24) is 45.9 Å². The summed E-state index contributed by atoms with van der Waals surface area (Å²) < 4.78 is 11.9. The van der Waals surface area contributed by atoms with Crippen molar-refractivity contribution in [3.63, 3.8) is 0 Å². The van der Waals surface area contributed by atoms with Crippen LogP contribution in [0.3, 0.4) is 0 Å². The van der Waals surface area contributed by atoms with Crippen molar-refractivity contribution in [1.29, 1.82) is 0 Å². The summed E-state index contributed by atoms with van der Waals surface area (Å²) >= 11 is 0. The number of aromatic amines is 2. The molecule has 6 aromatic rings. The number of H-pyrrole nitrogens is 2. The molecule has 4 amide bonds. The molecule has 0 spiro atoms. The van der Waals surface area contributed by atoms with Gasteiger partial charge in [-0.1, -0.05) is 84.3 Å². The van der Waals surface area contributed by atoms with E-state index in [0.717, 1.165) is 48.2 Å². The maximum Gasteiger partial charge on any atom is 0.291 e. The predicted molar refractivity (Wildman–Crippen MR) is 254 cm³/mol. The van der Waals surface area contributed by atoms with Gasteiger partial charge in [0.05, 0.1) is 11.4 Å². The minimum atomic E-state index is -0.939. The summed E-state index contributed by atoms with van der Waals surface area (Å²) in [6.07, 6.45) is 4.13. The lowest BCUT2D eigenvalue weighted by molar-refractivity contribution is -0.121. The van der Waals surface area contributed by atoms with E-state index in [-0.39, 0.29) is 36.7 Å². The van der Waals surface area contributed by atoms with Crippen molar-refractivity contribution in [3.8, 4) is 35.2 Å². The molecule has 0 bridgehead atoms. The third-order valence-corrected chi connectivity index (χ3v) is 11.4. The number of carbonyl (C=O) groups excluding carboxylic acids is 4. The first-order valence-electron chi connectivity index (χ1n) is 22.3. The van der Waals surface area contributed by atoms with E-state index in [4.69, 9.17) is 9.47 Å². The van der Waals surface area contributed by atoms with Crippen LogP contribution in [-0.2, 0) is 22.4 Å². The fourth-order valence-corrected chi connectivity index (χ4v) is 7.65. The Kier molecular flexibility index (Phi) is 14.8. The summed E-state index contributed by atoms with van der Waals surface area (Å²) in [6, 6.07) is 28.5. The zero-order valence-electron chi connectivity index (χ0n) is 38.0. The van der Waals surface area contributed by atoms with Crippen LogP contribution in [0.2, 0.25) is 0 Å². The molecule has 4 N–H and O–H groups in total. The van der Waals surface area contributed by atoms with Crippen LogP contribution in [0, 0.1) is 23.7 Å². The molecule has 0 aliphatic carbocycles. The second-order valence-corrected chi connectivity index (χ2v) is 16.5. The van der Waals surface area contributed by atoms with Gasteiger partial charge in [-0.05, 0) is 80.5 Å². The average Bonchev–Trinajstić information content (AvgIpc) is 3.99. The molecule has 68 heavy (non-hydrogen) atoms. The summed E-state index contributed by atoms with van der Waals surface area (Å²) in [5.74, 6) is 13.1. The molecular weight excluding hydrogens is 863 g/mol. The van der Waals surface area contributed by atoms with Gasteiger partial charge in [-0.25, -0.2) is 9.97 Å². The highest BCUT2D eigenvalue weighted by atomic mass is 16.5. The minimum Gasteiger partial charge on any atom is -0.489 e. The number of ether oxygens (including phenoxy) is 2. The number of benzene rings is 4. The molecule has 0 saturated carbocycles. The second kappa shape index (κ2) is 21.8. The lowest BCUT2D eigenvalue weighted by Gasteiger charge is -2.20. The summed E-state index contributed by atoms with van der Waals surface area (Å²) in [6.45, 7) is 1.64. The zero-order chi connectivity index (χ0) is 47.4. The molecule has 0 fully saturated rings. The van der Waals surface area contributed by atoms with Gasteiger partial charge in [0.2, 0.25) is 11.6 Å². The Morgan fingerprint density at radius 1 is 0.662 bits per heavy atom. The molecule has 0 unspecified atom stereocenters. The smallest absolute Gasteiger partial charge is 0.291 e. The molecule has 2 aromatic heterocycles. The predicted octanol–water partition coefficient (Wildman–Crippen LogP) is 4.31. The molecular formula is C51H51N11O6. The average molecular weight is 914 g/mol. The Morgan fingerprint density at radius 3 is 1.51 bits per heavy atom. The van der Waals surface area contributed by atoms with Crippen LogP contribution in [0.15, 0.2) is 97.1 Å². The number of hydrogen-bond acceptors (Lipinski definition) is 11. The molecule has 0 radical (unpaired) electrons. The lowest BCUT2D eigenvalue weighted by atomic mass is 10.1. The molecule has 2 aliphatic heterocycles. The van der Waals surface area contributed by atoms with Crippen LogP contribution >= 0.6 is 0 Å². The fraction of sp³-hybridized carbons (Fsp3) is 0.294. The maximum atomic E-state index is 13.5. The van der Waals surface area contributed by atoms with E-state index in [1.54, 1.807) is 26.2 Å². The van der Waals surface area contributed by atoms with Crippen molar-refractivity contribution in [2.24, 2.45) is 0 Å². The van der Waals surface area contributed by atoms with Gasteiger partial charge < -0.3 is 34.8 Å². The molecule has 0 saturated heterocycles. The Morgan fingerprint density at radius 2 is 1.09 bits per heavy atom. The first-order chi connectivity index (χ1) is 33.1. The van der Waals surface area contributed by atoms with Gasteiger partial charge in [-0.15, -0.1) is 10.2 Å². The summed E-state index contributed by atoms with van der Waals surface area (Å²) in [5, 5.41) is 19.2. The summed E-state index contributed by atoms with van der Waals surface area (Å²) in [5.41, 5.74) is 4.68. The van der Waals surface area contributed by atoms with Gasteiger partial charge in [0.25, 0.3) is 23.6 Å². The molecule has 2 atom stereocenters. The van der Waals surface area contributed by atoms with E-state index in [0.29, 0.717) is 60.2 Å². The Labute approximate surface area is 394 Å². The molecule has 2 aliphatic rings. The van der Waals surface area contributed by atoms with E-state index < -0.39 is 23.9 Å². The van der Waals surface area contributed by atoms with Gasteiger partial charge >= 0.3 is 0 Å². The van der Waals surface area contributed by atoms with Gasteiger partial charge in [0.1, 0.15) is 48.4 Å². The van der Waals surface area contributed by atoms with E-state index in [9.17, 15) is 19.2 Å². The molecule has 4 aromatic carbocycles. The largest absolute Gasteiger partial charge is 0.489 e. The highest BCUT2D eigenvalue weighted by molar-refractivity contribution is 6.03. The Bertz CT molecular complexity index is 2700. The number of anilines is 2. The van der Waals surface area contributed by atoms with E-state index in [2.05, 4.69) is 76.6 Å². The topological polar surface area (TPSA) is 204 Å². The van der Waals surface area contributed by atoms with Gasteiger partial charge in [-0.3, -0.25) is 29.4 Å². The third-order valence-electron chi connectivity index (χ3n) is 11.4. The van der Waals surface area contributed by atoms with Crippen molar-refractivity contribution in [2.75, 3.05) is 57.2 Å². The Hall–Kier alpha value is -8.28. The van der Waals surface area contributed by atoms with Gasteiger partial charge in [0.15, 0.2) is 0 Å². The standard InChI is InChI=1S/C51H51N11O6/c1-60(26-14-6-12-20-36-22-24-42-40(28-36)61(2)50(65)38(32-67-42)52-48(63)46-54-44(56-58-46)30-34-16-8-4-9-17-34)27-15-7-13-21-37-23-25-43-41(29-37)62(3)51(66)39(33-68-43)53-49(64)47-55-45(57-59-47)31-35-18-10-5-11-19-35/h4-5,8-11,16-19,22-25,28-29,38-39H,6-7,14-15,26-27,30-33H2,1-3H3,(H,52,63)(H,53,64)(H,54,56,58)(H,55,57,59)/t38-,39-/m0/s1. The van der Waals surface area contributed by atoms with E-state index >= 15 is 0 Å². The van der Waals surface area contributed by atoms with Crippen molar-refractivity contribution in [2.45, 2.75) is 50.6 Å². The Balaban J connectivity index is 0.745. The number of aromatic nitrogens is 6. The number of unbranched alkanes of at least 4 members (excludes halogenated alkanes) is 2. The number of nitrogens with one attached hydrogen (secondary N) is 4. The number of amides is 4. The highest BCUT2D eigenvalue weighted by Gasteiger charge is 2.33. The normalized spacial score (nSPS) is 15.3. The van der Waals surface area contributed by atoms with Crippen LogP contribution in [0.1, 0.15) is 80.8 Å².